The van der Waals surface area contributed by atoms with Crippen molar-refractivity contribution < 1.29 is 18.3 Å². The van der Waals surface area contributed by atoms with E-state index in [2.05, 4.69) is 6.07 Å². The second kappa shape index (κ2) is 4.46. The van der Waals surface area contributed by atoms with Crippen molar-refractivity contribution in [1.29, 1.82) is 5.26 Å². The number of nitrogens with zero attached hydrogens (tertiary/aromatic N) is 1. The number of hydrogen-bond acceptors (Lipinski definition) is 3. The van der Waals surface area contributed by atoms with Gasteiger partial charge in [-0.15, -0.1) is 0 Å². The highest BCUT2D eigenvalue weighted by Crippen LogP contribution is 2.48. The first-order chi connectivity index (χ1) is 8.88. The highest BCUT2D eigenvalue weighted by Gasteiger charge is 2.54. The molecule has 1 fully saturated rings. The highest BCUT2D eigenvalue weighted by atomic mass is 19.1. The molecule has 2 rings (SSSR count). The first kappa shape index (κ1) is 13.8. The lowest BCUT2D eigenvalue weighted by atomic mass is 9.61. The Hall–Kier alpha value is -1.67. The summed E-state index contributed by atoms with van der Waals surface area (Å²) in [5.74, 6) is -1.37. The molecule has 3 nitrogen and oxygen atoms in total. The molecule has 0 spiro atoms. The highest BCUT2D eigenvalue weighted by molar-refractivity contribution is 5.40. The molecule has 5 heteroatoms. The molecule has 0 unspecified atom stereocenters. The topological polar surface area (TPSA) is 42.2 Å². The predicted molar refractivity (Wildman–Crippen MR) is 64.8 cm³/mol. The maximum absolute atomic E-state index is 14.2. The van der Waals surface area contributed by atoms with Gasteiger partial charge < -0.3 is 9.47 Å². The lowest BCUT2D eigenvalue weighted by Gasteiger charge is -2.49. The fourth-order valence-electron chi connectivity index (χ4n) is 2.32. The molecule has 1 heterocycles. The van der Waals surface area contributed by atoms with Crippen LogP contribution in [-0.4, -0.2) is 20.3 Å². The zero-order valence-electron chi connectivity index (χ0n) is 11.1. The second-order valence-electron chi connectivity index (χ2n) is 5.28. The van der Waals surface area contributed by atoms with E-state index in [0.717, 1.165) is 12.1 Å². The monoisotopic (exact) mass is 267 g/mol. The normalized spacial score (nSPS) is 17.5. The third-order valence-electron chi connectivity index (χ3n) is 3.93. The van der Waals surface area contributed by atoms with E-state index in [-0.39, 0.29) is 24.5 Å². The molecule has 0 bridgehead atoms. The predicted octanol–water partition coefficient (Wildman–Crippen LogP) is 2.79. The van der Waals surface area contributed by atoms with Crippen LogP contribution in [-0.2, 0) is 10.2 Å². The van der Waals surface area contributed by atoms with E-state index in [1.807, 2.05) is 0 Å². The van der Waals surface area contributed by atoms with Crippen molar-refractivity contribution in [2.75, 3.05) is 20.3 Å². The lowest BCUT2D eigenvalue weighted by molar-refractivity contribution is -0.104. The molecule has 0 saturated carbocycles. The molecule has 0 radical (unpaired) electrons. The number of benzene rings is 1. The van der Waals surface area contributed by atoms with Crippen molar-refractivity contribution >= 4 is 0 Å². The van der Waals surface area contributed by atoms with Crippen LogP contribution in [0.15, 0.2) is 12.1 Å². The third kappa shape index (κ3) is 1.87. The van der Waals surface area contributed by atoms with Crippen LogP contribution in [0.2, 0.25) is 0 Å². The van der Waals surface area contributed by atoms with E-state index < -0.39 is 22.5 Å². The van der Waals surface area contributed by atoms with Gasteiger partial charge in [-0.05, 0) is 19.9 Å². The number of hydrogen-bond donors (Lipinski definition) is 0. The van der Waals surface area contributed by atoms with Gasteiger partial charge >= 0.3 is 0 Å². The van der Waals surface area contributed by atoms with Crippen molar-refractivity contribution in [3.63, 3.8) is 0 Å². The summed E-state index contributed by atoms with van der Waals surface area (Å²) >= 11 is 0. The zero-order chi connectivity index (χ0) is 14.3. The van der Waals surface area contributed by atoms with Crippen molar-refractivity contribution in [3.8, 4) is 11.8 Å². The van der Waals surface area contributed by atoms with Gasteiger partial charge in [0.15, 0.2) is 11.6 Å². The Balaban J connectivity index is 2.58. The van der Waals surface area contributed by atoms with Crippen LogP contribution < -0.4 is 4.74 Å². The summed E-state index contributed by atoms with van der Waals surface area (Å²) in [6, 6.07) is 4.28. The molecule has 0 atom stereocenters. The first-order valence-corrected chi connectivity index (χ1v) is 5.90. The minimum Gasteiger partial charge on any atom is -0.494 e. The molecule has 0 aromatic heterocycles. The molecule has 1 saturated heterocycles. The summed E-state index contributed by atoms with van der Waals surface area (Å²) in [7, 11) is 1.28. The number of nitriles is 1. The van der Waals surface area contributed by atoms with Crippen LogP contribution >= 0.6 is 0 Å². The van der Waals surface area contributed by atoms with Gasteiger partial charge in [0.05, 0.1) is 37.2 Å². The largest absolute Gasteiger partial charge is 0.494 e. The molecule has 1 aromatic carbocycles. The Morgan fingerprint density at radius 3 is 2.37 bits per heavy atom. The quantitative estimate of drug-likeness (QED) is 0.845. The molecule has 1 aromatic rings. The van der Waals surface area contributed by atoms with Gasteiger partial charge in [0.25, 0.3) is 0 Å². The van der Waals surface area contributed by atoms with E-state index >= 15 is 0 Å². The average molecular weight is 267 g/mol. The Morgan fingerprint density at radius 2 is 1.95 bits per heavy atom. The maximum Gasteiger partial charge on any atom is 0.165 e. The minimum atomic E-state index is -0.854. The van der Waals surface area contributed by atoms with Crippen LogP contribution in [0.25, 0.3) is 0 Å². The van der Waals surface area contributed by atoms with Gasteiger partial charge in [0.2, 0.25) is 0 Å². The molecular weight excluding hydrogens is 252 g/mol. The molecule has 1 aliphatic rings. The maximum atomic E-state index is 14.2. The summed E-state index contributed by atoms with van der Waals surface area (Å²) in [5.41, 5.74) is -1.50. The van der Waals surface area contributed by atoms with E-state index in [1.165, 1.54) is 7.11 Å². The van der Waals surface area contributed by atoms with Gasteiger partial charge in [-0.3, -0.25) is 0 Å². The standard InChI is InChI=1S/C14H15F2NO2/c1-13(2,6-17)14(7-19-8-14)9-4-11(16)12(18-3)5-10(9)15/h4-5H,7-8H2,1-3H3. The molecule has 0 aliphatic carbocycles. The minimum absolute atomic E-state index is 0.147. The fourth-order valence-corrected chi connectivity index (χ4v) is 2.32. The lowest BCUT2D eigenvalue weighted by Crippen LogP contribution is -2.56. The molecule has 19 heavy (non-hydrogen) atoms. The molecule has 0 amide bonds. The number of methoxy groups -OCH3 is 1. The van der Waals surface area contributed by atoms with Gasteiger partial charge in [-0.1, -0.05) is 0 Å². The van der Waals surface area contributed by atoms with Crippen molar-refractivity contribution in [1.82, 2.24) is 0 Å². The smallest absolute Gasteiger partial charge is 0.165 e. The summed E-state index contributed by atoms with van der Waals surface area (Å²) in [6.07, 6.45) is 0. The third-order valence-corrected chi connectivity index (χ3v) is 3.93. The van der Waals surface area contributed by atoms with Crippen LogP contribution in [0.1, 0.15) is 19.4 Å². The van der Waals surface area contributed by atoms with Crippen LogP contribution in [0, 0.1) is 28.4 Å². The second-order valence-corrected chi connectivity index (χ2v) is 5.28. The van der Waals surface area contributed by atoms with Gasteiger partial charge in [0, 0.05) is 11.6 Å². The molecular formula is C14H15F2NO2. The summed E-state index contributed by atoms with van der Waals surface area (Å²) in [4.78, 5) is 0. The van der Waals surface area contributed by atoms with Gasteiger partial charge in [-0.25, -0.2) is 8.78 Å². The number of halogens is 2. The van der Waals surface area contributed by atoms with Crippen molar-refractivity contribution in [2.24, 2.45) is 5.41 Å². The molecule has 0 N–H and O–H groups in total. The summed E-state index contributed by atoms with van der Waals surface area (Å²) in [6.45, 7) is 3.82. The van der Waals surface area contributed by atoms with Gasteiger partial charge in [-0.2, -0.15) is 5.26 Å². The average Bonchev–Trinajstić information content (AvgIpc) is 2.31. The fraction of sp³-hybridized carbons (Fsp3) is 0.500. The van der Waals surface area contributed by atoms with Crippen molar-refractivity contribution in [3.05, 3.63) is 29.3 Å². The number of ether oxygens (including phenoxy) is 2. The molecule has 102 valence electrons. The van der Waals surface area contributed by atoms with Crippen LogP contribution in [0.5, 0.6) is 5.75 Å². The Morgan fingerprint density at radius 1 is 1.32 bits per heavy atom. The Labute approximate surface area is 110 Å². The van der Waals surface area contributed by atoms with E-state index in [9.17, 15) is 14.0 Å². The van der Waals surface area contributed by atoms with E-state index in [1.54, 1.807) is 13.8 Å². The van der Waals surface area contributed by atoms with E-state index in [4.69, 9.17) is 9.47 Å². The Bertz CT molecular complexity index is 545. The Kier molecular flexibility index (Phi) is 3.23. The molecule has 1 aliphatic heterocycles. The van der Waals surface area contributed by atoms with Gasteiger partial charge in [0.1, 0.15) is 5.82 Å². The number of rotatable bonds is 3. The SMILES string of the molecule is COc1cc(F)c(C2(C(C)(C)C#N)COC2)cc1F. The van der Waals surface area contributed by atoms with Crippen LogP contribution in [0.4, 0.5) is 8.78 Å². The zero-order valence-corrected chi connectivity index (χ0v) is 11.1. The first-order valence-electron chi connectivity index (χ1n) is 5.90. The van der Waals surface area contributed by atoms with Crippen molar-refractivity contribution in [2.45, 2.75) is 19.3 Å². The summed E-state index contributed by atoms with van der Waals surface area (Å²) < 4.78 is 37.9. The van der Waals surface area contributed by atoms with Crippen LogP contribution in [0.3, 0.4) is 0 Å². The van der Waals surface area contributed by atoms with E-state index in [0.29, 0.717) is 0 Å². The summed E-state index contributed by atoms with van der Waals surface area (Å²) in [5, 5.41) is 9.27.